The van der Waals surface area contributed by atoms with Crippen molar-refractivity contribution < 1.29 is 19.1 Å². The third-order valence-corrected chi connectivity index (χ3v) is 4.77. The topological polar surface area (TPSA) is 89.0 Å². The van der Waals surface area contributed by atoms with Crippen LogP contribution in [0.4, 0.5) is 0 Å². The molecule has 32 heavy (non-hydrogen) atoms. The number of carbonyl (C=O) groups is 2. The van der Waals surface area contributed by atoms with Gasteiger partial charge >= 0.3 is 0 Å². The van der Waals surface area contributed by atoms with Crippen molar-refractivity contribution in [3.8, 4) is 23.8 Å². The predicted octanol–water partition coefficient (Wildman–Crippen LogP) is 3.57. The summed E-state index contributed by atoms with van der Waals surface area (Å²) in [5.41, 5.74) is 4.55. The molecule has 2 aromatic rings. The molecule has 0 radical (unpaired) electrons. The van der Waals surface area contributed by atoms with E-state index in [4.69, 9.17) is 27.5 Å². The molecular weight excluding hydrogens is 430 g/mol. The van der Waals surface area contributed by atoms with Gasteiger partial charge in [0.25, 0.3) is 11.8 Å². The van der Waals surface area contributed by atoms with Crippen molar-refractivity contribution in [2.75, 3.05) is 13.7 Å². The minimum absolute atomic E-state index is 0.0461. The van der Waals surface area contributed by atoms with Crippen molar-refractivity contribution in [1.29, 1.82) is 0 Å². The second-order valence-corrected chi connectivity index (χ2v) is 7.73. The van der Waals surface area contributed by atoms with Gasteiger partial charge in [0.05, 0.1) is 18.3 Å². The van der Waals surface area contributed by atoms with Gasteiger partial charge in [-0.1, -0.05) is 49.1 Å². The minimum atomic E-state index is -0.765. The highest BCUT2D eigenvalue weighted by molar-refractivity contribution is 6.32. The smallest absolute Gasteiger partial charge is 0.262 e. The Balaban J connectivity index is 2.08. The van der Waals surface area contributed by atoms with Crippen LogP contribution in [0, 0.1) is 25.2 Å². The van der Waals surface area contributed by atoms with Crippen LogP contribution in [0.1, 0.15) is 35.3 Å². The summed E-state index contributed by atoms with van der Waals surface area (Å²) in [6.45, 7) is 5.65. The number of amides is 2. The van der Waals surface area contributed by atoms with Gasteiger partial charge < -0.3 is 14.8 Å². The number of benzene rings is 2. The molecule has 0 saturated heterocycles. The van der Waals surface area contributed by atoms with Crippen molar-refractivity contribution in [1.82, 2.24) is 10.7 Å². The lowest BCUT2D eigenvalue weighted by Gasteiger charge is -2.20. The molecular formula is C24H26ClN3O4. The molecule has 0 fully saturated rings. The summed E-state index contributed by atoms with van der Waals surface area (Å²) in [5.74, 6) is 2.14. The monoisotopic (exact) mass is 455 g/mol. The normalized spacial score (nSPS) is 11.7. The Bertz CT molecular complexity index is 1030. The third-order valence-electron chi connectivity index (χ3n) is 4.49. The second kappa shape index (κ2) is 11.8. The molecule has 2 aromatic carbocycles. The molecule has 0 aliphatic rings. The Morgan fingerprint density at radius 1 is 1.25 bits per heavy atom. The van der Waals surface area contributed by atoms with Crippen molar-refractivity contribution in [3.05, 3.63) is 58.1 Å². The van der Waals surface area contributed by atoms with E-state index < -0.39 is 11.9 Å². The first-order valence-corrected chi connectivity index (χ1v) is 10.3. The van der Waals surface area contributed by atoms with E-state index in [0.717, 1.165) is 5.56 Å². The molecule has 1 unspecified atom stereocenters. The van der Waals surface area contributed by atoms with Gasteiger partial charge in [-0.05, 0) is 42.7 Å². The molecule has 1 atom stereocenters. The van der Waals surface area contributed by atoms with Crippen molar-refractivity contribution in [3.63, 3.8) is 0 Å². The van der Waals surface area contributed by atoms with Gasteiger partial charge in [-0.15, -0.1) is 6.42 Å². The van der Waals surface area contributed by atoms with Gasteiger partial charge in [-0.25, -0.2) is 5.43 Å². The van der Waals surface area contributed by atoms with Crippen LogP contribution < -0.4 is 20.2 Å². The molecule has 0 heterocycles. The lowest BCUT2D eigenvalue weighted by Crippen LogP contribution is -2.48. The molecule has 168 valence electrons. The average molecular weight is 456 g/mol. The predicted molar refractivity (Wildman–Crippen MR) is 125 cm³/mol. The van der Waals surface area contributed by atoms with E-state index in [-0.39, 0.29) is 23.5 Å². The molecule has 2 amide bonds. The van der Waals surface area contributed by atoms with Gasteiger partial charge in [0.1, 0.15) is 12.6 Å². The van der Waals surface area contributed by atoms with E-state index in [1.54, 1.807) is 24.3 Å². The number of hydrazone groups is 1. The maximum Gasteiger partial charge on any atom is 0.262 e. The van der Waals surface area contributed by atoms with Crippen LogP contribution in [-0.2, 0) is 4.79 Å². The number of rotatable bonds is 9. The van der Waals surface area contributed by atoms with E-state index in [1.807, 2.05) is 32.9 Å². The first-order valence-electron chi connectivity index (χ1n) is 9.91. The van der Waals surface area contributed by atoms with Crippen molar-refractivity contribution >= 4 is 29.6 Å². The zero-order chi connectivity index (χ0) is 23.7. The summed E-state index contributed by atoms with van der Waals surface area (Å²) in [6, 6.07) is 9.59. The van der Waals surface area contributed by atoms with E-state index >= 15 is 0 Å². The van der Waals surface area contributed by atoms with Gasteiger partial charge in [0, 0.05) is 5.56 Å². The fourth-order valence-corrected chi connectivity index (χ4v) is 3.05. The van der Waals surface area contributed by atoms with Crippen LogP contribution in [0.5, 0.6) is 11.5 Å². The van der Waals surface area contributed by atoms with Crippen LogP contribution in [0.25, 0.3) is 0 Å². The van der Waals surface area contributed by atoms with Gasteiger partial charge in [-0.2, -0.15) is 5.10 Å². The zero-order valence-electron chi connectivity index (χ0n) is 18.4. The number of terminal acetylenes is 1. The number of nitrogens with zero attached hydrogens (tertiary/aromatic N) is 1. The Labute approximate surface area is 193 Å². The third kappa shape index (κ3) is 6.76. The Kier molecular flexibility index (Phi) is 9.11. The van der Waals surface area contributed by atoms with E-state index in [0.29, 0.717) is 22.6 Å². The maximum atomic E-state index is 12.6. The fourth-order valence-electron chi connectivity index (χ4n) is 2.77. The lowest BCUT2D eigenvalue weighted by atomic mass is 10.0. The molecule has 0 saturated carbocycles. The largest absolute Gasteiger partial charge is 0.493 e. The highest BCUT2D eigenvalue weighted by atomic mass is 35.5. The summed E-state index contributed by atoms with van der Waals surface area (Å²) >= 11 is 6.24. The number of methoxy groups -OCH3 is 1. The number of aryl methyl sites for hydroxylation is 1. The first kappa shape index (κ1) is 24.8. The summed E-state index contributed by atoms with van der Waals surface area (Å²) in [4.78, 5) is 25.1. The highest BCUT2D eigenvalue weighted by Crippen LogP contribution is 2.35. The van der Waals surface area contributed by atoms with E-state index in [9.17, 15) is 9.59 Å². The Morgan fingerprint density at radius 2 is 1.94 bits per heavy atom. The summed E-state index contributed by atoms with van der Waals surface area (Å²) in [7, 11) is 1.47. The number of hydrogen-bond donors (Lipinski definition) is 2. The molecule has 0 aliphatic heterocycles. The zero-order valence-corrected chi connectivity index (χ0v) is 19.2. The molecule has 0 aliphatic carbocycles. The van der Waals surface area contributed by atoms with Gasteiger partial charge in [0.2, 0.25) is 0 Å². The molecule has 2 rings (SSSR count). The van der Waals surface area contributed by atoms with Gasteiger partial charge in [0.15, 0.2) is 11.5 Å². The van der Waals surface area contributed by atoms with Crippen LogP contribution in [0.15, 0.2) is 41.5 Å². The quantitative estimate of drug-likeness (QED) is 0.343. The molecule has 7 nitrogen and oxygen atoms in total. The van der Waals surface area contributed by atoms with E-state index in [1.165, 1.54) is 13.3 Å². The van der Waals surface area contributed by atoms with Gasteiger partial charge in [-0.3, -0.25) is 9.59 Å². The molecule has 8 heteroatoms. The molecule has 2 N–H and O–H groups in total. The fraction of sp³-hybridized carbons (Fsp3) is 0.292. The minimum Gasteiger partial charge on any atom is -0.493 e. The molecule has 0 bridgehead atoms. The standard InChI is InChI=1S/C24H26ClN3O4/c1-6-11-32-22-19(25)12-17(13-20(22)31-5)14-26-28-24(30)21(15(2)3)27-23(29)18-9-7-16(4)8-10-18/h1,7-10,12-15,21H,11H2,2-5H3,(H,27,29)(H,28,30). The number of halogens is 1. The van der Waals surface area contributed by atoms with Crippen molar-refractivity contribution in [2.45, 2.75) is 26.8 Å². The summed E-state index contributed by atoms with van der Waals surface area (Å²) < 4.78 is 10.7. The second-order valence-electron chi connectivity index (χ2n) is 7.32. The number of nitrogens with one attached hydrogen (secondary N) is 2. The Morgan fingerprint density at radius 3 is 2.53 bits per heavy atom. The average Bonchev–Trinajstić information content (AvgIpc) is 2.76. The highest BCUT2D eigenvalue weighted by Gasteiger charge is 2.24. The number of ether oxygens (including phenoxy) is 2. The SMILES string of the molecule is C#CCOc1c(Cl)cc(C=NNC(=O)C(NC(=O)c2ccc(C)cc2)C(C)C)cc1OC. The van der Waals surface area contributed by atoms with Crippen molar-refractivity contribution in [2.24, 2.45) is 11.0 Å². The van der Waals surface area contributed by atoms with Crippen LogP contribution >= 0.6 is 11.6 Å². The van der Waals surface area contributed by atoms with Crippen LogP contribution in [-0.4, -0.2) is 37.8 Å². The number of hydrogen-bond acceptors (Lipinski definition) is 5. The number of carbonyl (C=O) groups excluding carboxylic acids is 2. The molecule has 0 aromatic heterocycles. The maximum absolute atomic E-state index is 12.6. The summed E-state index contributed by atoms with van der Waals surface area (Å²) in [6.07, 6.45) is 6.62. The summed E-state index contributed by atoms with van der Waals surface area (Å²) in [5, 5.41) is 7.03. The lowest BCUT2D eigenvalue weighted by molar-refractivity contribution is -0.123. The first-order chi connectivity index (χ1) is 15.3. The Hall–Kier alpha value is -3.50. The molecule has 0 spiro atoms. The van der Waals surface area contributed by atoms with Crippen LogP contribution in [0.2, 0.25) is 5.02 Å². The van der Waals surface area contributed by atoms with Crippen LogP contribution in [0.3, 0.4) is 0 Å². The van der Waals surface area contributed by atoms with E-state index in [2.05, 4.69) is 21.8 Å².